The number of piperidine rings is 1. The summed E-state index contributed by atoms with van der Waals surface area (Å²) >= 11 is 0. The van der Waals surface area contributed by atoms with Gasteiger partial charge in [0.25, 0.3) is 0 Å². The first-order chi connectivity index (χ1) is 10.6. The molecule has 0 amide bonds. The van der Waals surface area contributed by atoms with Crippen molar-refractivity contribution < 1.29 is 5.11 Å². The van der Waals surface area contributed by atoms with Crippen LogP contribution in [0.2, 0.25) is 0 Å². The van der Waals surface area contributed by atoms with Gasteiger partial charge in [0.2, 0.25) is 0 Å². The van der Waals surface area contributed by atoms with Gasteiger partial charge in [-0.2, -0.15) is 0 Å². The fourth-order valence-electron chi connectivity index (χ4n) is 4.55. The highest BCUT2D eigenvalue weighted by atomic mass is 16.3. The van der Waals surface area contributed by atoms with Crippen molar-refractivity contribution in [3.63, 3.8) is 0 Å². The number of fused-ring (bicyclic) bond motifs is 3. The highest BCUT2D eigenvalue weighted by molar-refractivity contribution is 5.49. The molecule has 1 N–H and O–H groups in total. The SMILES string of the molecule is Cc1ccc(C2c3cc(O)ccc3C3C2CCCN3C)cc1. The lowest BCUT2D eigenvalue weighted by Crippen LogP contribution is -2.34. The van der Waals surface area contributed by atoms with Gasteiger partial charge < -0.3 is 5.11 Å². The number of aromatic hydroxyl groups is 1. The lowest BCUT2D eigenvalue weighted by Gasteiger charge is -2.37. The zero-order valence-corrected chi connectivity index (χ0v) is 13.3. The van der Waals surface area contributed by atoms with Crippen LogP contribution >= 0.6 is 0 Å². The Morgan fingerprint density at radius 3 is 2.59 bits per heavy atom. The Morgan fingerprint density at radius 2 is 1.82 bits per heavy atom. The summed E-state index contributed by atoms with van der Waals surface area (Å²) in [6, 6.07) is 15.4. The van der Waals surface area contributed by atoms with E-state index >= 15 is 0 Å². The third kappa shape index (κ3) is 2.05. The first-order valence-corrected chi connectivity index (χ1v) is 8.25. The van der Waals surface area contributed by atoms with Crippen molar-refractivity contribution in [3.8, 4) is 5.75 Å². The van der Waals surface area contributed by atoms with E-state index in [-0.39, 0.29) is 0 Å². The minimum absolute atomic E-state index is 0.386. The Balaban J connectivity index is 1.86. The standard InChI is InChI=1S/C20H23NO/c1-13-5-7-14(8-6-13)19-17-4-3-11-21(2)20(17)16-10-9-15(22)12-18(16)19/h5-10,12,17,19-20,22H,3-4,11H2,1-2H3. The van der Waals surface area contributed by atoms with Crippen molar-refractivity contribution in [2.75, 3.05) is 13.6 Å². The molecule has 0 aromatic heterocycles. The predicted octanol–water partition coefficient (Wildman–Crippen LogP) is 4.23. The summed E-state index contributed by atoms with van der Waals surface area (Å²) in [4.78, 5) is 2.50. The lowest BCUT2D eigenvalue weighted by molar-refractivity contribution is 0.127. The Morgan fingerprint density at radius 1 is 1.05 bits per heavy atom. The summed E-state index contributed by atoms with van der Waals surface area (Å²) in [5, 5.41) is 9.99. The van der Waals surface area contributed by atoms with Crippen LogP contribution in [0.25, 0.3) is 0 Å². The summed E-state index contributed by atoms with van der Waals surface area (Å²) in [6.45, 7) is 3.30. The Kier molecular flexibility index (Phi) is 3.23. The summed E-state index contributed by atoms with van der Waals surface area (Å²) in [6.07, 6.45) is 2.53. The maximum Gasteiger partial charge on any atom is 0.115 e. The molecule has 22 heavy (non-hydrogen) atoms. The fraction of sp³-hybridized carbons (Fsp3) is 0.400. The van der Waals surface area contributed by atoms with Gasteiger partial charge >= 0.3 is 0 Å². The van der Waals surface area contributed by atoms with Gasteiger partial charge in [-0.1, -0.05) is 35.9 Å². The minimum atomic E-state index is 0.386. The number of hydrogen-bond acceptors (Lipinski definition) is 2. The summed E-state index contributed by atoms with van der Waals surface area (Å²) < 4.78 is 0. The van der Waals surface area contributed by atoms with Gasteiger partial charge in [-0.25, -0.2) is 0 Å². The molecule has 3 unspecified atom stereocenters. The van der Waals surface area contributed by atoms with Crippen LogP contribution in [-0.2, 0) is 0 Å². The van der Waals surface area contributed by atoms with Gasteiger partial charge in [0, 0.05) is 12.0 Å². The normalized spacial score (nSPS) is 27.5. The molecule has 3 atom stereocenters. The molecule has 2 aromatic carbocycles. The third-order valence-electron chi connectivity index (χ3n) is 5.52. The second-order valence-corrected chi connectivity index (χ2v) is 6.93. The first kappa shape index (κ1) is 13.8. The molecular weight excluding hydrogens is 270 g/mol. The van der Waals surface area contributed by atoms with Crippen LogP contribution in [0.4, 0.5) is 0 Å². The van der Waals surface area contributed by atoms with Crippen molar-refractivity contribution in [1.29, 1.82) is 0 Å². The Labute approximate surface area is 132 Å². The maximum absolute atomic E-state index is 9.99. The highest BCUT2D eigenvalue weighted by Gasteiger charge is 2.44. The summed E-state index contributed by atoms with van der Waals surface area (Å²) in [5.74, 6) is 1.42. The van der Waals surface area contributed by atoms with Crippen molar-refractivity contribution in [1.82, 2.24) is 4.90 Å². The van der Waals surface area contributed by atoms with Crippen LogP contribution in [0.15, 0.2) is 42.5 Å². The van der Waals surface area contributed by atoms with Crippen LogP contribution in [-0.4, -0.2) is 23.6 Å². The van der Waals surface area contributed by atoms with E-state index in [1.165, 1.54) is 41.6 Å². The minimum Gasteiger partial charge on any atom is -0.508 e. The summed E-state index contributed by atoms with van der Waals surface area (Å²) in [5.41, 5.74) is 5.43. The summed E-state index contributed by atoms with van der Waals surface area (Å²) in [7, 11) is 2.24. The number of hydrogen-bond donors (Lipinski definition) is 1. The van der Waals surface area contributed by atoms with Crippen molar-refractivity contribution in [2.45, 2.75) is 31.7 Å². The molecule has 2 nitrogen and oxygen atoms in total. The predicted molar refractivity (Wildman–Crippen MR) is 89.2 cm³/mol. The molecule has 1 heterocycles. The Bertz CT molecular complexity index is 691. The quantitative estimate of drug-likeness (QED) is 0.850. The number of likely N-dealkylation sites (tertiary alicyclic amines) is 1. The number of rotatable bonds is 1. The number of nitrogens with zero attached hydrogens (tertiary/aromatic N) is 1. The van der Waals surface area contributed by atoms with Gasteiger partial charge in [0.1, 0.15) is 5.75 Å². The lowest BCUT2D eigenvalue weighted by atomic mass is 9.80. The van der Waals surface area contributed by atoms with Crippen molar-refractivity contribution >= 4 is 0 Å². The molecule has 0 saturated carbocycles. The molecule has 0 radical (unpaired) electrons. The second-order valence-electron chi connectivity index (χ2n) is 6.93. The highest BCUT2D eigenvalue weighted by Crippen LogP contribution is 2.54. The molecule has 114 valence electrons. The van der Waals surface area contributed by atoms with Crippen LogP contribution in [0.3, 0.4) is 0 Å². The third-order valence-corrected chi connectivity index (χ3v) is 5.52. The number of phenolic OH excluding ortho intramolecular Hbond substituents is 1. The smallest absolute Gasteiger partial charge is 0.115 e. The Hall–Kier alpha value is -1.80. The second kappa shape index (κ2) is 5.13. The van der Waals surface area contributed by atoms with E-state index in [4.69, 9.17) is 0 Å². The molecular formula is C20H23NO. The van der Waals surface area contributed by atoms with E-state index in [0.717, 1.165) is 0 Å². The van der Waals surface area contributed by atoms with Crippen molar-refractivity contribution in [3.05, 3.63) is 64.7 Å². The molecule has 0 spiro atoms. The van der Waals surface area contributed by atoms with E-state index in [1.54, 1.807) is 0 Å². The molecule has 2 aromatic rings. The zero-order chi connectivity index (χ0) is 15.3. The number of aryl methyl sites for hydroxylation is 1. The molecule has 2 aliphatic rings. The van der Waals surface area contributed by atoms with Crippen LogP contribution in [0, 0.1) is 12.8 Å². The molecule has 1 fully saturated rings. The van der Waals surface area contributed by atoms with Crippen LogP contribution in [0.5, 0.6) is 5.75 Å². The average Bonchev–Trinajstić information content (AvgIpc) is 2.83. The van der Waals surface area contributed by atoms with Gasteiger partial charge in [0.05, 0.1) is 0 Å². The van der Waals surface area contributed by atoms with Crippen LogP contribution < -0.4 is 0 Å². The van der Waals surface area contributed by atoms with Crippen LogP contribution in [0.1, 0.15) is 47.1 Å². The molecule has 4 rings (SSSR count). The molecule has 1 saturated heterocycles. The molecule has 1 aliphatic heterocycles. The van der Waals surface area contributed by atoms with E-state index in [9.17, 15) is 5.11 Å². The van der Waals surface area contributed by atoms with Gasteiger partial charge in [-0.3, -0.25) is 4.90 Å². The largest absolute Gasteiger partial charge is 0.508 e. The topological polar surface area (TPSA) is 23.5 Å². The monoisotopic (exact) mass is 293 g/mol. The van der Waals surface area contributed by atoms with E-state index in [1.807, 2.05) is 12.1 Å². The van der Waals surface area contributed by atoms with Crippen molar-refractivity contribution in [2.24, 2.45) is 5.92 Å². The molecule has 2 heteroatoms. The fourth-order valence-corrected chi connectivity index (χ4v) is 4.55. The van der Waals surface area contributed by atoms with E-state index in [2.05, 4.69) is 49.2 Å². The molecule has 1 aliphatic carbocycles. The molecule has 0 bridgehead atoms. The average molecular weight is 293 g/mol. The van der Waals surface area contributed by atoms with Gasteiger partial charge in [0.15, 0.2) is 0 Å². The number of phenols is 1. The van der Waals surface area contributed by atoms with Gasteiger partial charge in [-0.05, 0) is 68.1 Å². The number of benzene rings is 2. The maximum atomic E-state index is 9.99. The van der Waals surface area contributed by atoms with E-state index in [0.29, 0.717) is 23.6 Å². The first-order valence-electron chi connectivity index (χ1n) is 8.25. The van der Waals surface area contributed by atoms with Gasteiger partial charge in [-0.15, -0.1) is 0 Å². The van der Waals surface area contributed by atoms with E-state index < -0.39 is 0 Å². The zero-order valence-electron chi connectivity index (χ0n) is 13.3.